The molecule has 0 heterocycles. The Morgan fingerprint density at radius 2 is 2.24 bits per heavy atom. The van der Waals surface area contributed by atoms with Crippen LogP contribution in [-0.2, 0) is 9.53 Å². The van der Waals surface area contributed by atoms with Gasteiger partial charge >= 0.3 is 5.97 Å². The summed E-state index contributed by atoms with van der Waals surface area (Å²) in [7, 11) is 0. The lowest BCUT2D eigenvalue weighted by atomic mass is 9.64. The fourth-order valence-electron chi connectivity index (χ4n) is 2.01. The molecule has 1 aliphatic rings. The topological polar surface area (TPSA) is 78.8 Å². The lowest BCUT2D eigenvalue weighted by Gasteiger charge is -2.49. The lowest BCUT2D eigenvalue weighted by molar-refractivity contribution is -0.145. The van der Waals surface area contributed by atoms with Crippen molar-refractivity contribution in [1.29, 1.82) is 0 Å². The van der Waals surface area contributed by atoms with Crippen LogP contribution in [0.4, 0.5) is 0 Å². The first-order chi connectivity index (χ1) is 7.87. The van der Waals surface area contributed by atoms with Crippen LogP contribution in [0.1, 0.15) is 33.6 Å². The fourth-order valence-corrected chi connectivity index (χ4v) is 2.01. The van der Waals surface area contributed by atoms with Gasteiger partial charge in [-0.2, -0.15) is 0 Å². The van der Waals surface area contributed by atoms with Crippen LogP contribution in [0, 0.1) is 5.41 Å². The molecule has 1 saturated carbocycles. The fraction of sp³-hybridized carbons (Fsp3) is 0.917. The van der Waals surface area contributed by atoms with Crippen LogP contribution in [0.25, 0.3) is 0 Å². The summed E-state index contributed by atoms with van der Waals surface area (Å²) in [5.41, 5.74) is -0.163. The summed E-state index contributed by atoms with van der Waals surface area (Å²) in [6.07, 6.45) is -0.319. The van der Waals surface area contributed by atoms with Crippen molar-refractivity contribution in [2.24, 2.45) is 5.41 Å². The molecule has 0 radical (unpaired) electrons. The van der Waals surface area contributed by atoms with Crippen molar-refractivity contribution in [2.75, 3.05) is 13.2 Å². The molecule has 1 rings (SSSR count). The molecule has 0 aromatic carbocycles. The highest BCUT2D eigenvalue weighted by Crippen LogP contribution is 2.40. The molecular weight excluding hydrogens is 222 g/mol. The molecule has 0 aliphatic heterocycles. The predicted molar refractivity (Wildman–Crippen MR) is 63.5 cm³/mol. The molecule has 5 nitrogen and oxygen atoms in total. The zero-order valence-corrected chi connectivity index (χ0v) is 10.8. The zero-order chi connectivity index (χ0) is 13.1. The minimum Gasteiger partial charge on any atom is -0.466 e. The van der Waals surface area contributed by atoms with E-state index in [1.807, 2.05) is 13.8 Å². The van der Waals surface area contributed by atoms with Gasteiger partial charge < -0.3 is 20.3 Å². The average molecular weight is 245 g/mol. The molecule has 17 heavy (non-hydrogen) atoms. The first-order valence-electron chi connectivity index (χ1n) is 6.13. The van der Waals surface area contributed by atoms with Crippen molar-refractivity contribution in [3.8, 4) is 0 Å². The van der Waals surface area contributed by atoms with E-state index in [4.69, 9.17) is 4.74 Å². The second-order valence-corrected chi connectivity index (χ2v) is 5.20. The molecule has 0 aromatic rings. The van der Waals surface area contributed by atoms with Gasteiger partial charge in [-0.25, -0.2) is 0 Å². The van der Waals surface area contributed by atoms with E-state index in [2.05, 4.69) is 5.32 Å². The number of hydrogen-bond donors (Lipinski definition) is 3. The monoisotopic (exact) mass is 245 g/mol. The van der Waals surface area contributed by atoms with Gasteiger partial charge in [0.15, 0.2) is 0 Å². The van der Waals surface area contributed by atoms with Crippen molar-refractivity contribution in [3.63, 3.8) is 0 Å². The van der Waals surface area contributed by atoms with Crippen molar-refractivity contribution in [2.45, 2.75) is 51.9 Å². The molecule has 0 saturated heterocycles. The lowest BCUT2D eigenvalue weighted by Crippen LogP contribution is -2.60. The maximum Gasteiger partial charge on any atom is 0.308 e. The van der Waals surface area contributed by atoms with Crippen molar-refractivity contribution in [3.05, 3.63) is 0 Å². The van der Waals surface area contributed by atoms with Crippen molar-refractivity contribution < 1.29 is 19.7 Å². The number of aliphatic hydroxyl groups is 2. The Bertz CT molecular complexity index is 267. The highest BCUT2D eigenvalue weighted by atomic mass is 16.5. The number of esters is 1. The van der Waals surface area contributed by atoms with E-state index in [0.29, 0.717) is 19.6 Å². The molecule has 5 heteroatoms. The maximum atomic E-state index is 11.1. The Labute approximate surface area is 102 Å². The highest BCUT2D eigenvalue weighted by Gasteiger charge is 2.46. The van der Waals surface area contributed by atoms with Crippen LogP contribution in [0.5, 0.6) is 0 Å². The van der Waals surface area contributed by atoms with E-state index < -0.39 is 6.10 Å². The van der Waals surface area contributed by atoms with Gasteiger partial charge in [-0.15, -0.1) is 0 Å². The SMILES string of the molecule is CCOC(=O)CC(O)CNC1CC(O)C1(C)C. The van der Waals surface area contributed by atoms with Gasteiger partial charge in [0.2, 0.25) is 0 Å². The normalized spacial score (nSPS) is 28.3. The third-order valence-corrected chi connectivity index (χ3v) is 3.52. The van der Waals surface area contributed by atoms with E-state index in [1.165, 1.54) is 0 Å². The van der Waals surface area contributed by atoms with Gasteiger partial charge in [0.05, 0.1) is 25.2 Å². The largest absolute Gasteiger partial charge is 0.466 e. The number of carbonyl (C=O) groups excluding carboxylic acids is 1. The maximum absolute atomic E-state index is 11.1. The van der Waals surface area contributed by atoms with Crippen LogP contribution in [-0.4, -0.2) is 47.6 Å². The minimum atomic E-state index is -0.734. The number of ether oxygens (including phenoxy) is 1. The average Bonchev–Trinajstić information content (AvgIpc) is 2.24. The van der Waals surface area contributed by atoms with Crippen molar-refractivity contribution in [1.82, 2.24) is 5.32 Å². The molecule has 3 atom stereocenters. The Kier molecular flexibility index (Phi) is 4.91. The van der Waals surface area contributed by atoms with E-state index in [-0.39, 0.29) is 30.0 Å². The summed E-state index contributed by atoms with van der Waals surface area (Å²) in [6, 6.07) is 0.189. The number of aliphatic hydroxyl groups excluding tert-OH is 2. The van der Waals surface area contributed by atoms with E-state index in [9.17, 15) is 15.0 Å². The number of nitrogens with one attached hydrogen (secondary N) is 1. The van der Waals surface area contributed by atoms with Crippen LogP contribution >= 0.6 is 0 Å². The molecule has 0 spiro atoms. The summed E-state index contributed by atoms with van der Waals surface area (Å²) >= 11 is 0. The van der Waals surface area contributed by atoms with Gasteiger partial charge in [0.1, 0.15) is 0 Å². The van der Waals surface area contributed by atoms with Crippen molar-refractivity contribution >= 4 is 5.97 Å². The Morgan fingerprint density at radius 1 is 1.59 bits per heavy atom. The first kappa shape index (κ1) is 14.4. The number of hydrogen-bond acceptors (Lipinski definition) is 5. The summed E-state index contributed by atoms with van der Waals surface area (Å²) in [4.78, 5) is 11.1. The van der Waals surface area contributed by atoms with Gasteiger partial charge in [-0.3, -0.25) is 4.79 Å². The third kappa shape index (κ3) is 3.66. The molecule has 1 fully saturated rings. The quantitative estimate of drug-likeness (QED) is 0.576. The predicted octanol–water partition coefficient (Wildman–Crippen LogP) is 0.0495. The van der Waals surface area contributed by atoms with Gasteiger partial charge in [-0.05, 0) is 13.3 Å². The van der Waals surface area contributed by atoms with E-state index in [1.54, 1.807) is 6.92 Å². The highest BCUT2D eigenvalue weighted by molar-refractivity contribution is 5.69. The Morgan fingerprint density at radius 3 is 2.71 bits per heavy atom. The van der Waals surface area contributed by atoms with Crippen LogP contribution in [0.15, 0.2) is 0 Å². The van der Waals surface area contributed by atoms with Crippen LogP contribution in [0.2, 0.25) is 0 Å². The molecule has 0 aromatic heterocycles. The Balaban J connectivity index is 2.21. The summed E-state index contributed by atoms with van der Waals surface area (Å²) in [6.45, 7) is 6.38. The third-order valence-electron chi connectivity index (χ3n) is 3.52. The molecule has 3 unspecified atom stereocenters. The number of carbonyl (C=O) groups is 1. The molecule has 3 N–H and O–H groups in total. The van der Waals surface area contributed by atoms with Gasteiger partial charge in [0.25, 0.3) is 0 Å². The smallest absolute Gasteiger partial charge is 0.308 e. The second kappa shape index (κ2) is 5.80. The minimum absolute atomic E-state index is 0.0105. The molecular formula is C12H23NO4. The number of rotatable bonds is 6. The summed E-state index contributed by atoms with van der Waals surface area (Å²) < 4.78 is 4.75. The first-order valence-corrected chi connectivity index (χ1v) is 6.13. The van der Waals surface area contributed by atoms with Crippen LogP contribution < -0.4 is 5.32 Å². The second-order valence-electron chi connectivity index (χ2n) is 5.20. The van der Waals surface area contributed by atoms with E-state index in [0.717, 1.165) is 0 Å². The summed E-state index contributed by atoms with van der Waals surface area (Å²) in [5.74, 6) is -0.380. The molecule has 100 valence electrons. The standard InChI is InChI=1S/C12H23NO4/c1-4-17-11(16)5-8(14)7-13-9-6-10(15)12(9,2)3/h8-10,13-15H,4-7H2,1-3H3. The molecule has 1 aliphatic carbocycles. The zero-order valence-electron chi connectivity index (χ0n) is 10.8. The molecule has 0 bridgehead atoms. The Hall–Kier alpha value is -0.650. The van der Waals surface area contributed by atoms with Gasteiger partial charge in [-0.1, -0.05) is 13.8 Å². The van der Waals surface area contributed by atoms with Gasteiger partial charge in [0, 0.05) is 18.0 Å². The van der Waals surface area contributed by atoms with Crippen LogP contribution in [0.3, 0.4) is 0 Å². The summed E-state index contributed by atoms with van der Waals surface area (Å²) in [5, 5.41) is 22.3. The van der Waals surface area contributed by atoms with E-state index >= 15 is 0 Å². The molecule has 0 amide bonds.